The lowest BCUT2D eigenvalue weighted by Gasteiger charge is -2.27. The van der Waals surface area contributed by atoms with Crippen LogP contribution in [0.5, 0.6) is 0 Å². The Balaban J connectivity index is 2.08. The summed E-state index contributed by atoms with van der Waals surface area (Å²) in [6, 6.07) is 20.6. The minimum atomic E-state index is -0.402. The predicted octanol–water partition coefficient (Wildman–Crippen LogP) is 3.42. The van der Waals surface area contributed by atoms with E-state index in [1.54, 1.807) is 0 Å². The van der Waals surface area contributed by atoms with E-state index in [0.717, 1.165) is 19.5 Å². The molecule has 1 atom stereocenters. The van der Waals surface area contributed by atoms with Crippen molar-refractivity contribution in [2.45, 2.75) is 32.7 Å². The van der Waals surface area contributed by atoms with Crippen LogP contribution in [0.2, 0.25) is 0 Å². The van der Waals surface area contributed by atoms with Gasteiger partial charge in [-0.1, -0.05) is 67.6 Å². The van der Waals surface area contributed by atoms with Crippen LogP contribution in [0.3, 0.4) is 0 Å². The van der Waals surface area contributed by atoms with E-state index in [9.17, 15) is 5.11 Å². The molecule has 0 aliphatic rings. The lowest BCUT2D eigenvalue weighted by Crippen LogP contribution is -2.33. The van der Waals surface area contributed by atoms with Crippen LogP contribution in [0, 0.1) is 0 Å². The summed E-state index contributed by atoms with van der Waals surface area (Å²) in [6.45, 7) is 3.54. The molecular weight excluding hydrogens is 234 g/mol. The Morgan fingerprint density at radius 3 is 1.63 bits per heavy atom. The Bertz CT molecular complexity index is 428. The lowest BCUT2D eigenvalue weighted by molar-refractivity contribution is -0.0106. The third-order valence-electron chi connectivity index (χ3n) is 3.24. The zero-order chi connectivity index (χ0) is 13.5. The molecule has 1 N–H and O–H groups in total. The summed E-state index contributed by atoms with van der Waals surface area (Å²) in [5, 5.41) is 10.2. The van der Waals surface area contributed by atoms with E-state index in [1.807, 2.05) is 43.3 Å². The first-order valence-electron chi connectivity index (χ1n) is 6.79. The third kappa shape index (κ3) is 4.19. The molecule has 2 aromatic carbocycles. The second kappa shape index (κ2) is 7.07. The summed E-state index contributed by atoms with van der Waals surface area (Å²) in [5.74, 6) is 0. The van der Waals surface area contributed by atoms with Gasteiger partial charge >= 0.3 is 0 Å². The van der Waals surface area contributed by atoms with Gasteiger partial charge in [0.25, 0.3) is 0 Å². The first-order valence-corrected chi connectivity index (χ1v) is 6.79. The minimum absolute atomic E-state index is 0.402. The average Bonchev–Trinajstić information content (AvgIpc) is 2.48. The standard InChI is InChI=1S/C17H21NO/c1-2-17(19)18(13-15-9-5-3-6-10-15)14-16-11-7-4-8-12-16/h3-12,17,19H,2,13-14H2,1H3. The molecule has 0 saturated heterocycles. The van der Waals surface area contributed by atoms with Crippen molar-refractivity contribution in [3.05, 3.63) is 71.8 Å². The molecule has 2 heteroatoms. The van der Waals surface area contributed by atoms with Crippen LogP contribution in [0.4, 0.5) is 0 Å². The van der Waals surface area contributed by atoms with E-state index in [4.69, 9.17) is 0 Å². The molecule has 0 aliphatic heterocycles. The van der Waals surface area contributed by atoms with Gasteiger partial charge in [0.2, 0.25) is 0 Å². The molecule has 19 heavy (non-hydrogen) atoms. The molecule has 0 aromatic heterocycles. The summed E-state index contributed by atoms with van der Waals surface area (Å²) in [7, 11) is 0. The van der Waals surface area contributed by atoms with E-state index in [0.29, 0.717) is 0 Å². The molecule has 0 heterocycles. The van der Waals surface area contributed by atoms with Crippen LogP contribution < -0.4 is 0 Å². The van der Waals surface area contributed by atoms with Gasteiger partial charge in [-0.15, -0.1) is 0 Å². The minimum Gasteiger partial charge on any atom is -0.378 e. The molecule has 0 saturated carbocycles. The molecule has 2 aromatic rings. The van der Waals surface area contributed by atoms with Crippen molar-refractivity contribution in [3.8, 4) is 0 Å². The van der Waals surface area contributed by atoms with Crippen molar-refractivity contribution < 1.29 is 5.11 Å². The number of rotatable bonds is 6. The van der Waals surface area contributed by atoms with E-state index in [2.05, 4.69) is 29.2 Å². The van der Waals surface area contributed by atoms with Gasteiger partial charge in [-0.05, 0) is 17.5 Å². The normalized spacial score (nSPS) is 12.6. The summed E-state index contributed by atoms with van der Waals surface area (Å²) < 4.78 is 0. The van der Waals surface area contributed by atoms with Crippen molar-refractivity contribution in [1.82, 2.24) is 4.90 Å². The number of hydrogen-bond donors (Lipinski definition) is 1. The summed E-state index contributed by atoms with van der Waals surface area (Å²) in [4.78, 5) is 2.10. The van der Waals surface area contributed by atoms with E-state index in [-0.39, 0.29) is 0 Å². The molecule has 0 bridgehead atoms. The maximum Gasteiger partial charge on any atom is 0.107 e. The predicted molar refractivity (Wildman–Crippen MR) is 78.4 cm³/mol. The Kier molecular flexibility index (Phi) is 5.13. The molecule has 100 valence electrons. The zero-order valence-corrected chi connectivity index (χ0v) is 11.4. The fourth-order valence-electron chi connectivity index (χ4n) is 2.16. The van der Waals surface area contributed by atoms with Crippen LogP contribution >= 0.6 is 0 Å². The number of aliphatic hydroxyl groups excluding tert-OH is 1. The van der Waals surface area contributed by atoms with Crippen molar-refractivity contribution in [3.63, 3.8) is 0 Å². The number of nitrogens with zero attached hydrogens (tertiary/aromatic N) is 1. The summed E-state index contributed by atoms with van der Waals surface area (Å²) in [6.07, 6.45) is 0.333. The summed E-state index contributed by atoms with van der Waals surface area (Å²) in [5.41, 5.74) is 2.46. The molecule has 0 amide bonds. The van der Waals surface area contributed by atoms with Crippen LogP contribution in [-0.4, -0.2) is 16.2 Å². The van der Waals surface area contributed by atoms with E-state index in [1.165, 1.54) is 11.1 Å². The first kappa shape index (κ1) is 13.8. The number of aliphatic hydroxyl groups is 1. The quantitative estimate of drug-likeness (QED) is 0.799. The van der Waals surface area contributed by atoms with Crippen LogP contribution in [0.15, 0.2) is 60.7 Å². The highest BCUT2D eigenvalue weighted by molar-refractivity contribution is 5.17. The first-order chi connectivity index (χ1) is 9.29. The van der Waals surface area contributed by atoms with E-state index < -0.39 is 6.23 Å². The molecule has 0 aliphatic carbocycles. The van der Waals surface area contributed by atoms with Gasteiger partial charge in [0.05, 0.1) is 0 Å². The molecule has 0 fully saturated rings. The van der Waals surface area contributed by atoms with Crippen molar-refractivity contribution >= 4 is 0 Å². The van der Waals surface area contributed by atoms with Crippen molar-refractivity contribution in [2.75, 3.05) is 0 Å². The van der Waals surface area contributed by atoms with Crippen LogP contribution in [-0.2, 0) is 13.1 Å². The topological polar surface area (TPSA) is 23.5 Å². The van der Waals surface area contributed by atoms with Gasteiger partial charge in [-0.25, -0.2) is 0 Å². The van der Waals surface area contributed by atoms with Crippen molar-refractivity contribution in [1.29, 1.82) is 0 Å². The molecule has 0 radical (unpaired) electrons. The monoisotopic (exact) mass is 255 g/mol. The highest BCUT2D eigenvalue weighted by atomic mass is 16.3. The Labute approximate surface area is 115 Å². The average molecular weight is 255 g/mol. The fraction of sp³-hybridized carbons (Fsp3) is 0.294. The van der Waals surface area contributed by atoms with E-state index >= 15 is 0 Å². The van der Waals surface area contributed by atoms with Crippen LogP contribution in [0.1, 0.15) is 24.5 Å². The van der Waals surface area contributed by atoms with Gasteiger partial charge in [0.1, 0.15) is 6.23 Å². The SMILES string of the molecule is CCC(O)N(Cc1ccccc1)Cc1ccccc1. The van der Waals surface area contributed by atoms with Gasteiger partial charge in [-0.2, -0.15) is 0 Å². The van der Waals surface area contributed by atoms with Gasteiger partial charge in [0.15, 0.2) is 0 Å². The lowest BCUT2D eigenvalue weighted by atomic mass is 10.1. The Morgan fingerprint density at radius 1 is 0.842 bits per heavy atom. The second-order valence-corrected chi connectivity index (χ2v) is 4.77. The highest BCUT2D eigenvalue weighted by Crippen LogP contribution is 2.13. The second-order valence-electron chi connectivity index (χ2n) is 4.77. The Hall–Kier alpha value is -1.64. The molecule has 2 rings (SSSR count). The largest absolute Gasteiger partial charge is 0.378 e. The third-order valence-corrected chi connectivity index (χ3v) is 3.24. The smallest absolute Gasteiger partial charge is 0.107 e. The van der Waals surface area contributed by atoms with Crippen LogP contribution in [0.25, 0.3) is 0 Å². The maximum absolute atomic E-state index is 10.2. The number of hydrogen-bond acceptors (Lipinski definition) is 2. The van der Waals surface area contributed by atoms with Gasteiger partial charge < -0.3 is 5.11 Å². The summed E-state index contributed by atoms with van der Waals surface area (Å²) >= 11 is 0. The molecule has 1 unspecified atom stereocenters. The zero-order valence-electron chi connectivity index (χ0n) is 11.4. The van der Waals surface area contributed by atoms with Crippen molar-refractivity contribution in [2.24, 2.45) is 0 Å². The molecule has 0 spiro atoms. The molecular formula is C17H21NO. The fourth-order valence-corrected chi connectivity index (χ4v) is 2.16. The number of benzene rings is 2. The van der Waals surface area contributed by atoms with Gasteiger partial charge in [0, 0.05) is 13.1 Å². The molecule has 2 nitrogen and oxygen atoms in total. The highest BCUT2D eigenvalue weighted by Gasteiger charge is 2.14. The van der Waals surface area contributed by atoms with Gasteiger partial charge in [-0.3, -0.25) is 4.90 Å². The maximum atomic E-state index is 10.2. The Morgan fingerprint density at radius 2 is 1.26 bits per heavy atom.